The van der Waals surface area contributed by atoms with Crippen molar-refractivity contribution in [2.45, 2.75) is 19.1 Å². The van der Waals surface area contributed by atoms with Crippen molar-refractivity contribution >= 4 is 34.6 Å². The van der Waals surface area contributed by atoms with Crippen LogP contribution in [0.25, 0.3) is 11.1 Å². The van der Waals surface area contributed by atoms with Gasteiger partial charge >= 0.3 is 0 Å². The number of carbonyl (C=O) groups excluding carboxylic acids is 1. The number of nitrogens with one attached hydrogen (secondary N) is 1. The van der Waals surface area contributed by atoms with Crippen molar-refractivity contribution in [3.05, 3.63) is 81.0 Å². The number of benzene rings is 2. The van der Waals surface area contributed by atoms with Gasteiger partial charge in [0.25, 0.3) is 5.91 Å². The fraction of sp³-hybridized carbons (Fsp3) is 0.250. The van der Waals surface area contributed by atoms with Crippen LogP contribution in [-0.2, 0) is 11.4 Å². The number of carbonyl (C=O) groups is 1. The molecule has 3 aromatic rings. The maximum atomic E-state index is 12.2. The summed E-state index contributed by atoms with van der Waals surface area (Å²) in [5, 5.41) is 7.17. The summed E-state index contributed by atoms with van der Waals surface area (Å²) < 4.78 is 0.597. The lowest BCUT2D eigenvalue weighted by molar-refractivity contribution is 0.0755. The average Bonchev–Trinajstić information content (AvgIpc) is 3.41. The molecule has 4 rings (SSSR count). The molecular weight excluding hydrogens is 430 g/mol. The molecule has 1 amide bonds. The van der Waals surface area contributed by atoms with Crippen LogP contribution in [0.4, 0.5) is 0 Å². The lowest BCUT2D eigenvalue weighted by Crippen LogP contribution is -2.31. The Morgan fingerprint density at radius 2 is 1.87 bits per heavy atom. The van der Waals surface area contributed by atoms with E-state index in [1.165, 1.54) is 22.5 Å². The van der Waals surface area contributed by atoms with E-state index in [0.29, 0.717) is 22.2 Å². The fourth-order valence-electron chi connectivity index (χ4n) is 3.53. The minimum absolute atomic E-state index is 0.145. The largest absolute Gasteiger partial charge is 0.390 e. The first-order valence-electron chi connectivity index (χ1n) is 10.1. The highest BCUT2D eigenvalue weighted by atomic mass is 35.5. The Kier molecular flexibility index (Phi) is 6.70. The quantitative estimate of drug-likeness (QED) is 0.544. The molecule has 2 heterocycles. The maximum Gasteiger partial charge on any atom is 0.261 e. The van der Waals surface area contributed by atoms with E-state index >= 15 is 0 Å². The van der Waals surface area contributed by atoms with Crippen LogP contribution in [0.3, 0.4) is 0 Å². The van der Waals surface area contributed by atoms with Crippen molar-refractivity contribution in [3.8, 4) is 11.1 Å². The van der Waals surface area contributed by atoms with Crippen molar-refractivity contribution < 1.29 is 9.63 Å². The van der Waals surface area contributed by atoms with Crippen LogP contribution in [-0.4, -0.2) is 43.3 Å². The van der Waals surface area contributed by atoms with Crippen molar-refractivity contribution in [2.75, 3.05) is 20.6 Å². The van der Waals surface area contributed by atoms with Gasteiger partial charge in [0, 0.05) is 18.5 Å². The smallest absolute Gasteiger partial charge is 0.261 e. The number of halogens is 1. The molecule has 0 saturated carbocycles. The van der Waals surface area contributed by atoms with Gasteiger partial charge < -0.3 is 15.1 Å². The van der Waals surface area contributed by atoms with Crippen molar-refractivity contribution in [3.63, 3.8) is 0 Å². The lowest BCUT2D eigenvalue weighted by atomic mass is 9.98. The first-order valence-corrected chi connectivity index (χ1v) is 11.3. The molecule has 0 saturated heterocycles. The Morgan fingerprint density at radius 1 is 1.13 bits per heavy atom. The molecule has 0 radical (unpaired) electrons. The van der Waals surface area contributed by atoms with Gasteiger partial charge in [-0.2, -0.15) is 0 Å². The van der Waals surface area contributed by atoms with Crippen LogP contribution < -0.4 is 5.32 Å². The number of oxime groups is 1. The molecule has 1 aliphatic rings. The van der Waals surface area contributed by atoms with Crippen molar-refractivity contribution in [1.82, 2.24) is 10.2 Å². The van der Waals surface area contributed by atoms with Gasteiger partial charge in [0.15, 0.2) is 0 Å². The van der Waals surface area contributed by atoms with Crippen LogP contribution in [0.2, 0.25) is 4.34 Å². The predicted molar refractivity (Wildman–Crippen MR) is 127 cm³/mol. The highest BCUT2D eigenvalue weighted by Crippen LogP contribution is 2.25. The van der Waals surface area contributed by atoms with Crippen molar-refractivity contribution in [2.24, 2.45) is 5.16 Å². The zero-order chi connectivity index (χ0) is 21.8. The minimum atomic E-state index is -0.179. The Morgan fingerprint density at radius 3 is 2.61 bits per heavy atom. The molecule has 0 aliphatic carbocycles. The first kappa shape index (κ1) is 21.6. The summed E-state index contributed by atoms with van der Waals surface area (Å²) >= 11 is 7.16. The molecular formula is C24H24ClN3O2S. The zero-order valence-corrected chi connectivity index (χ0v) is 19.0. The summed E-state index contributed by atoms with van der Waals surface area (Å²) in [6, 6.07) is 20.4. The molecule has 7 heteroatoms. The lowest BCUT2D eigenvalue weighted by Gasteiger charge is -2.11. The molecule has 1 N–H and O–H groups in total. The number of rotatable bonds is 7. The number of thiophene rings is 1. The molecule has 160 valence electrons. The predicted octanol–water partition coefficient (Wildman–Crippen LogP) is 5.05. The number of hydrogen-bond acceptors (Lipinski definition) is 5. The highest BCUT2D eigenvalue weighted by Gasteiger charge is 2.23. The highest BCUT2D eigenvalue weighted by molar-refractivity contribution is 7.18. The van der Waals surface area contributed by atoms with Crippen molar-refractivity contribution in [1.29, 1.82) is 0 Å². The third kappa shape index (κ3) is 5.53. The van der Waals surface area contributed by atoms with E-state index < -0.39 is 0 Å². The Balaban J connectivity index is 1.39. The Hall–Kier alpha value is -2.67. The van der Waals surface area contributed by atoms with Gasteiger partial charge in [0.05, 0.1) is 21.5 Å². The third-order valence-corrected chi connectivity index (χ3v) is 6.21. The van der Waals surface area contributed by atoms with Gasteiger partial charge in [-0.25, -0.2) is 0 Å². The molecule has 5 nitrogen and oxygen atoms in total. The molecule has 1 atom stereocenters. The molecule has 0 spiro atoms. The van der Waals surface area contributed by atoms with E-state index in [1.807, 2.05) is 12.1 Å². The minimum Gasteiger partial charge on any atom is -0.390 e. The summed E-state index contributed by atoms with van der Waals surface area (Å²) in [7, 11) is 4.14. The van der Waals surface area contributed by atoms with E-state index in [1.54, 1.807) is 12.1 Å². The van der Waals surface area contributed by atoms with Gasteiger partial charge in [-0.15, -0.1) is 11.3 Å². The monoisotopic (exact) mass is 453 g/mol. The summed E-state index contributed by atoms with van der Waals surface area (Å²) in [4.78, 5) is 20.5. The second kappa shape index (κ2) is 9.64. The van der Waals surface area contributed by atoms with Crippen LogP contribution in [0.5, 0.6) is 0 Å². The molecule has 1 unspecified atom stereocenters. The third-order valence-electron chi connectivity index (χ3n) is 4.98. The van der Waals surface area contributed by atoms with Crippen LogP contribution in [0.15, 0.2) is 65.8 Å². The maximum absolute atomic E-state index is 12.2. The topological polar surface area (TPSA) is 53.9 Å². The van der Waals surface area contributed by atoms with E-state index in [9.17, 15) is 4.79 Å². The second-order valence-corrected chi connectivity index (χ2v) is 9.52. The van der Waals surface area contributed by atoms with Gasteiger partial charge in [-0.1, -0.05) is 53.2 Å². The summed E-state index contributed by atoms with van der Waals surface area (Å²) in [5.74, 6) is -0.145. The Labute approximate surface area is 191 Å². The number of nitrogens with zero attached hydrogens (tertiary/aromatic N) is 2. The van der Waals surface area contributed by atoms with Gasteiger partial charge in [-0.05, 0) is 55.1 Å². The van der Waals surface area contributed by atoms with Gasteiger partial charge in [-0.3, -0.25) is 4.79 Å². The van der Waals surface area contributed by atoms with Gasteiger partial charge in [0.1, 0.15) is 6.10 Å². The van der Waals surface area contributed by atoms with E-state index in [0.717, 1.165) is 23.4 Å². The molecule has 31 heavy (non-hydrogen) atoms. The standard InChI is InChI=1S/C24H24ClN3O2S/c1-28(2)15-16-5-3-6-17(11-16)18-7-4-8-19(12-18)21-13-20(30-27-21)14-26-24(29)22-9-10-23(25)31-22/h3-12,20H,13-15H2,1-2H3,(H,26,29). The zero-order valence-electron chi connectivity index (χ0n) is 17.5. The SMILES string of the molecule is CN(C)Cc1cccc(-c2cccc(C3=NOC(CNC(=O)c4ccc(Cl)s4)C3)c2)c1. The van der Waals surface area contributed by atoms with E-state index in [4.69, 9.17) is 16.4 Å². The molecule has 1 aromatic heterocycles. The summed E-state index contributed by atoms with van der Waals surface area (Å²) in [6.07, 6.45) is 0.469. The summed E-state index contributed by atoms with van der Waals surface area (Å²) in [5.41, 5.74) is 5.53. The summed E-state index contributed by atoms with van der Waals surface area (Å²) in [6.45, 7) is 1.30. The van der Waals surface area contributed by atoms with Crippen LogP contribution in [0.1, 0.15) is 27.2 Å². The van der Waals surface area contributed by atoms with Gasteiger partial charge in [0.2, 0.25) is 0 Å². The molecule has 0 bridgehead atoms. The average molecular weight is 454 g/mol. The normalized spacial score (nSPS) is 15.6. The molecule has 1 aliphatic heterocycles. The fourth-order valence-corrected chi connectivity index (χ4v) is 4.49. The number of hydrogen-bond donors (Lipinski definition) is 1. The first-order chi connectivity index (χ1) is 15.0. The molecule has 2 aromatic carbocycles. The Bertz CT molecular complexity index is 1110. The second-order valence-electron chi connectivity index (χ2n) is 7.80. The molecule has 0 fully saturated rings. The number of amides is 1. The van der Waals surface area contributed by atoms with E-state index in [-0.39, 0.29) is 12.0 Å². The van der Waals surface area contributed by atoms with Crippen LogP contribution in [0, 0.1) is 0 Å². The van der Waals surface area contributed by atoms with Crippen LogP contribution >= 0.6 is 22.9 Å². The van der Waals surface area contributed by atoms with E-state index in [2.05, 4.69) is 65.9 Å².